The normalized spacial score (nSPS) is 11.1. The summed E-state index contributed by atoms with van der Waals surface area (Å²) < 4.78 is 2.66. The van der Waals surface area contributed by atoms with Crippen LogP contribution in [0.3, 0.4) is 0 Å². The minimum absolute atomic E-state index is 0.408. The molecule has 0 aliphatic rings. The van der Waals surface area contributed by atoms with Gasteiger partial charge in [0.2, 0.25) is 0 Å². The van der Waals surface area contributed by atoms with E-state index in [1.165, 1.54) is 11.3 Å². The van der Waals surface area contributed by atoms with Gasteiger partial charge in [-0.3, -0.25) is 0 Å². The molecule has 5 rings (SSSR count). The number of fused-ring (bicyclic) bond motifs is 6. The van der Waals surface area contributed by atoms with Gasteiger partial charge < -0.3 is 4.98 Å². The number of halogens is 2. The van der Waals surface area contributed by atoms with E-state index in [0.29, 0.717) is 26.9 Å². The molecular formula is C21H8BrClN4S. The summed E-state index contributed by atoms with van der Waals surface area (Å²) in [6.07, 6.45) is 0. The Hall–Kier alpha value is -2.90. The Kier molecular flexibility index (Phi) is 3.89. The monoisotopic (exact) mass is 462 g/mol. The zero-order valence-corrected chi connectivity index (χ0v) is 17.2. The van der Waals surface area contributed by atoms with Crippen LogP contribution in [0.5, 0.6) is 0 Å². The van der Waals surface area contributed by atoms with Gasteiger partial charge in [-0.05, 0) is 35.7 Å². The second-order valence-electron chi connectivity index (χ2n) is 6.24. The first-order chi connectivity index (χ1) is 13.6. The summed E-state index contributed by atoms with van der Waals surface area (Å²) in [5, 5.41) is 22.1. The van der Waals surface area contributed by atoms with Crippen LogP contribution in [0.15, 0.2) is 46.9 Å². The summed E-state index contributed by atoms with van der Waals surface area (Å²) in [4.78, 5) is 8.16. The fourth-order valence-electron chi connectivity index (χ4n) is 3.54. The van der Waals surface area contributed by atoms with Crippen molar-refractivity contribution < 1.29 is 0 Å². The van der Waals surface area contributed by atoms with Gasteiger partial charge in [0.15, 0.2) is 0 Å². The van der Waals surface area contributed by atoms with Crippen LogP contribution in [-0.4, -0.2) is 9.97 Å². The van der Waals surface area contributed by atoms with Gasteiger partial charge in [0.05, 0.1) is 48.9 Å². The first-order valence-corrected chi connectivity index (χ1v) is 10.2. The van der Waals surface area contributed by atoms with Crippen molar-refractivity contribution in [2.45, 2.75) is 0 Å². The predicted molar refractivity (Wildman–Crippen MR) is 117 cm³/mol. The van der Waals surface area contributed by atoms with Crippen molar-refractivity contribution in [3.63, 3.8) is 0 Å². The number of benzene rings is 3. The maximum Gasteiger partial charge on any atom is 0.141 e. The molecule has 28 heavy (non-hydrogen) atoms. The average molecular weight is 464 g/mol. The van der Waals surface area contributed by atoms with Crippen LogP contribution < -0.4 is 0 Å². The van der Waals surface area contributed by atoms with Crippen molar-refractivity contribution >= 4 is 70.8 Å². The van der Waals surface area contributed by atoms with Gasteiger partial charge in [0, 0.05) is 15.2 Å². The van der Waals surface area contributed by atoms with Crippen molar-refractivity contribution in [1.29, 1.82) is 10.5 Å². The molecule has 0 aliphatic heterocycles. The molecule has 4 nitrogen and oxygen atoms in total. The Morgan fingerprint density at radius 2 is 1.75 bits per heavy atom. The summed E-state index contributed by atoms with van der Waals surface area (Å²) in [6, 6.07) is 17.4. The average Bonchev–Trinajstić information content (AvgIpc) is 3.30. The molecular weight excluding hydrogens is 456 g/mol. The summed E-state index contributed by atoms with van der Waals surface area (Å²) in [5.74, 6) is 0.505. The molecule has 1 N–H and O–H groups in total. The van der Waals surface area contributed by atoms with Crippen molar-refractivity contribution in [3.05, 3.63) is 62.4 Å². The molecule has 3 aromatic carbocycles. The Bertz CT molecular complexity index is 1490. The van der Waals surface area contributed by atoms with Gasteiger partial charge >= 0.3 is 0 Å². The molecule has 7 heteroatoms. The lowest BCUT2D eigenvalue weighted by molar-refractivity contribution is 1.31. The number of nitrogens with zero attached hydrogens (tertiary/aromatic N) is 3. The summed E-state index contributed by atoms with van der Waals surface area (Å²) in [6.45, 7) is 0. The van der Waals surface area contributed by atoms with Crippen LogP contribution in [0.1, 0.15) is 11.1 Å². The highest BCUT2D eigenvalue weighted by atomic mass is 79.9. The molecule has 0 aliphatic carbocycles. The van der Waals surface area contributed by atoms with Crippen LogP contribution in [0.25, 0.3) is 43.3 Å². The van der Waals surface area contributed by atoms with Crippen LogP contribution in [-0.2, 0) is 0 Å². The number of H-pyrrole nitrogens is 1. The summed E-state index contributed by atoms with van der Waals surface area (Å²) in [5.41, 5.74) is 2.98. The predicted octanol–water partition coefficient (Wildman–Crippen LogP) is 6.76. The van der Waals surface area contributed by atoms with E-state index in [1.54, 1.807) is 18.2 Å². The maximum absolute atomic E-state index is 9.53. The highest BCUT2D eigenvalue weighted by molar-refractivity contribution is 9.10. The second kappa shape index (κ2) is 6.32. The summed E-state index contributed by atoms with van der Waals surface area (Å²) in [7, 11) is 0. The molecule has 0 atom stereocenters. The molecule has 5 aromatic rings. The Labute approximate surface area is 176 Å². The number of aromatic amines is 1. The second-order valence-corrected chi connectivity index (χ2v) is 8.84. The van der Waals surface area contributed by atoms with Crippen molar-refractivity contribution in [2.75, 3.05) is 0 Å². The van der Waals surface area contributed by atoms with Crippen molar-refractivity contribution in [2.24, 2.45) is 0 Å². The minimum Gasteiger partial charge on any atom is -0.337 e. The third-order valence-corrected chi connectivity index (χ3v) is 6.48. The highest BCUT2D eigenvalue weighted by Gasteiger charge is 2.19. The standard InChI is InChI=1S/C21H8BrClN4S/c22-12-4-5-13-14(6-12)15-7-16(23)28-20(15)19-18(13)26-21(27-19)17-10(8-24)2-1-3-11(17)9-25/h1-7H,(H,26,27). The van der Waals surface area contributed by atoms with Crippen molar-refractivity contribution in [3.8, 4) is 23.5 Å². The number of thiophene rings is 1. The zero-order valence-electron chi connectivity index (χ0n) is 14.0. The van der Waals surface area contributed by atoms with Gasteiger partial charge in [-0.2, -0.15) is 10.5 Å². The first-order valence-electron chi connectivity index (χ1n) is 8.24. The molecule has 0 fully saturated rings. The Balaban J connectivity index is 1.97. The van der Waals surface area contributed by atoms with Gasteiger partial charge in [0.25, 0.3) is 0 Å². The SMILES string of the molecule is N#Cc1cccc(C#N)c1-c1nc2c3ccc(Br)cc3c3cc(Cl)sc3c2[nH]1. The van der Waals surface area contributed by atoms with E-state index < -0.39 is 0 Å². The third kappa shape index (κ3) is 2.43. The van der Waals surface area contributed by atoms with E-state index in [0.717, 1.165) is 36.4 Å². The molecule has 0 saturated carbocycles. The van der Waals surface area contributed by atoms with E-state index in [1.807, 2.05) is 18.2 Å². The van der Waals surface area contributed by atoms with Crippen LogP contribution in [0, 0.1) is 22.7 Å². The minimum atomic E-state index is 0.408. The van der Waals surface area contributed by atoms with Crippen LogP contribution in [0.2, 0.25) is 4.34 Å². The number of hydrogen-bond acceptors (Lipinski definition) is 4. The number of imidazole rings is 1. The van der Waals surface area contributed by atoms with E-state index in [4.69, 9.17) is 16.6 Å². The molecule has 0 amide bonds. The molecule has 0 unspecified atom stereocenters. The molecule has 132 valence electrons. The van der Waals surface area contributed by atoms with Gasteiger partial charge in [-0.1, -0.05) is 39.7 Å². The smallest absolute Gasteiger partial charge is 0.141 e. The molecule has 0 bridgehead atoms. The topological polar surface area (TPSA) is 76.3 Å². The van der Waals surface area contributed by atoms with Gasteiger partial charge in [0.1, 0.15) is 5.82 Å². The number of nitrogens with one attached hydrogen (secondary N) is 1. The number of hydrogen-bond donors (Lipinski definition) is 1. The summed E-state index contributed by atoms with van der Waals surface area (Å²) >= 11 is 11.3. The fraction of sp³-hybridized carbons (Fsp3) is 0. The molecule has 0 saturated heterocycles. The zero-order chi connectivity index (χ0) is 19.4. The van der Waals surface area contributed by atoms with E-state index in [2.05, 4.69) is 39.1 Å². The van der Waals surface area contributed by atoms with Crippen LogP contribution >= 0.6 is 38.9 Å². The lowest BCUT2D eigenvalue weighted by Crippen LogP contribution is -1.91. The quantitative estimate of drug-likeness (QED) is 0.298. The van der Waals surface area contributed by atoms with Gasteiger partial charge in [-0.25, -0.2) is 4.98 Å². The van der Waals surface area contributed by atoms with Crippen molar-refractivity contribution in [1.82, 2.24) is 9.97 Å². The Morgan fingerprint density at radius 1 is 1.00 bits per heavy atom. The number of aromatic nitrogens is 2. The van der Waals surface area contributed by atoms with E-state index in [9.17, 15) is 10.5 Å². The third-order valence-electron chi connectivity index (χ3n) is 4.70. The lowest BCUT2D eigenvalue weighted by Gasteiger charge is -2.02. The fourth-order valence-corrected chi connectivity index (χ4v) is 5.14. The van der Waals surface area contributed by atoms with E-state index >= 15 is 0 Å². The maximum atomic E-state index is 9.53. The first kappa shape index (κ1) is 17.2. The van der Waals surface area contributed by atoms with Gasteiger partial charge in [-0.15, -0.1) is 11.3 Å². The molecule has 2 heterocycles. The molecule has 0 spiro atoms. The largest absolute Gasteiger partial charge is 0.337 e. The van der Waals surface area contributed by atoms with E-state index in [-0.39, 0.29) is 0 Å². The molecule has 2 aromatic heterocycles. The molecule has 0 radical (unpaired) electrons. The number of nitriles is 2. The van der Waals surface area contributed by atoms with Crippen LogP contribution in [0.4, 0.5) is 0 Å². The Morgan fingerprint density at radius 3 is 2.46 bits per heavy atom. The highest BCUT2D eigenvalue weighted by Crippen LogP contribution is 2.42. The number of rotatable bonds is 1. The lowest BCUT2D eigenvalue weighted by atomic mass is 10.0.